The Bertz CT molecular complexity index is 1110. The van der Waals surface area contributed by atoms with Crippen molar-refractivity contribution < 1.29 is 4.74 Å². The van der Waals surface area contributed by atoms with Crippen molar-refractivity contribution in [3.63, 3.8) is 0 Å². The molecule has 3 aliphatic rings. The Hall–Kier alpha value is -2.51. The van der Waals surface area contributed by atoms with Crippen molar-refractivity contribution in [2.75, 3.05) is 38.2 Å². The van der Waals surface area contributed by atoms with Crippen LogP contribution >= 0.6 is 0 Å². The second kappa shape index (κ2) is 8.69. The van der Waals surface area contributed by atoms with Gasteiger partial charge < -0.3 is 15.0 Å². The summed E-state index contributed by atoms with van der Waals surface area (Å²) >= 11 is 0. The van der Waals surface area contributed by atoms with Crippen LogP contribution in [0, 0.1) is 24.7 Å². The molecule has 174 valence electrons. The minimum Gasteiger partial charge on any atom is -0.381 e. The van der Waals surface area contributed by atoms with Gasteiger partial charge >= 0.3 is 0 Å². The first kappa shape index (κ1) is 21.1. The summed E-state index contributed by atoms with van der Waals surface area (Å²) in [6.07, 6.45) is 7.03. The van der Waals surface area contributed by atoms with Crippen molar-refractivity contribution in [1.29, 1.82) is 0 Å². The first-order chi connectivity index (χ1) is 16.1. The standard InChI is InChI=1S/C26H34N6O/c1-17-22(3-4-25-23(17)16-31(2)30-25)24-5-6-26(29-28-24)27-21-11-19-14-32(15-20(19)12-21)13-18-7-9-33-10-8-18/h3-6,16,18-21H,7-15H2,1-2H3,(H,27,29)/t19-,20?,21+/m1/s1. The summed E-state index contributed by atoms with van der Waals surface area (Å²) in [6.45, 7) is 7.84. The second-order valence-corrected chi connectivity index (χ2v) is 10.4. The number of anilines is 1. The van der Waals surface area contributed by atoms with Gasteiger partial charge in [0.15, 0.2) is 0 Å². The minimum atomic E-state index is 0.513. The first-order valence-electron chi connectivity index (χ1n) is 12.5. The molecule has 33 heavy (non-hydrogen) atoms. The van der Waals surface area contributed by atoms with Gasteiger partial charge in [-0.05, 0) is 74.1 Å². The Labute approximate surface area is 195 Å². The Morgan fingerprint density at radius 2 is 1.82 bits per heavy atom. The van der Waals surface area contributed by atoms with Crippen LogP contribution in [0.2, 0.25) is 0 Å². The van der Waals surface area contributed by atoms with Crippen LogP contribution in [0.4, 0.5) is 5.82 Å². The van der Waals surface area contributed by atoms with Crippen molar-refractivity contribution >= 4 is 16.7 Å². The zero-order valence-electron chi connectivity index (χ0n) is 19.7. The van der Waals surface area contributed by atoms with Gasteiger partial charge in [0.1, 0.15) is 5.82 Å². The third-order valence-electron chi connectivity index (χ3n) is 8.05. The summed E-state index contributed by atoms with van der Waals surface area (Å²) in [6, 6.07) is 8.85. The Balaban J connectivity index is 1.06. The molecular formula is C26H34N6O. The number of nitrogens with zero attached hydrogens (tertiary/aromatic N) is 5. The molecule has 6 rings (SSSR count). The van der Waals surface area contributed by atoms with E-state index in [2.05, 4.69) is 62.9 Å². The zero-order chi connectivity index (χ0) is 22.4. The molecule has 2 saturated heterocycles. The summed E-state index contributed by atoms with van der Waals surface area (Å²) < 4.78 is 7.39. The average molecular weight is 447 g/mol. The summed E-state index contributed by atoms with van der Waals surface area (Å²) in [5.41, 5.74) is 4.25. The number of benzene rings is 1. The summed E-state index contributed by atoms with van der Waals surface area (Å²) in [5, 5.41) is 18.4. The molecule has 7 nitrogen and oxygen atoms in total. The predicted octanol–water partition coefficient (Wildman–Crippen LogP) is 3.89. The van der Waals surface area contributed by atoms with E-state index in [1.165, 1.54) is 56.3 Å². The molecular weight excluding hydrogens is 412 g/mol. The molecule has 7 heteroatoms. The monoisotopic (exact) mass is 446 g/mol. The molecule has 0 spiro atoms. The van der Waals surface area contributed by atoms with Gasteiger partial charge in [-0.1, -0.05) is 6.07 Å². The highest BCUT2D eigenvalue weighted by molar-refractivity contribution is 5.88. The van der Waals surface area contributed by atoms with Crippen LogP contribution in [0.5, 0.6) is 0 Å². The highest BCUT2D eigenvalue weighted by Gasteiger charge is 2.41. The van der Waals surface area contributed by atoms with Crippen LogP contribution in [0.1, 0.15) is 31.2 Å². The fraction of sp³-hybridized carbons (Fsp3) is 0.577. The molecule has 1 unspecified atom stereocenters. The maximum Gasteiger partial charge on any atom is 0.148 e. The van der Waals surface area contributed by atoms with E-state index in [4.69, 9.17) is 4.74 Å². The van der Waals surface area contributed by atoms with Crippen molar-refractivity contribution in [1.82, 2.24) is 24.9 Å². The van der Waals surface area contributed by atoms with Gasteiger partial charge in [-0.2, -0.15) is 5.10 Å². The molecule has 3 fully saturated rings. The van der Waals surface area contributed by atoms with Crippen molar-refractivity contribution in [3.8, 4) is 11.3 Å². The number of aromatic nitrogens is 4. The number of fused-ring (bicyclic) bond motifs is 2. The molecule has 0 bridgehead atoms. The van der Waals surface area contributed by atoms with E-state index >= 15 is 0 Å². The summed E-state index contributed by atoms with van der Waals surface area (Å²) in [4.78, 5) is 2.72. The Morgan fingerprint density at radius 1 is 1.03 bits per heavy atom. The number of nitrogens with one attached hydrogen (secondary N) is 1. The SMILES string of the molecule is Cc1c(-c2ccc(N[C@@H]3CC4CN(CC5CCOCC5)C[C@H]4C3)nn2)ccc2nn(C)cc12. The normalized spacial score (nSPS) is 26.2. The van der Waals surface area contributed by atoms with Gasteiger partial charge in [-0.15, -0.1) is 10.2 Å². The van der Waals surface area contributed by atoms with Crippen LogP contribution < -0.4 is 5.32 Å². The highest BCUT2D eigenvalue weighted by atomic mass is 16.5. The lowest BCUT2D eigenvalue weighted by Crippen LogP contribution is -2.32. The molecule has 3 aromatic rings. The molecule has 1 N–H and O–H groups in total. The van der Waals surface area contributed by atoms with E-state index in [9.17, 15) is 0 Å². The number of rotatable bonds is 5. The predicted molar refractivity (Wildman–Crippen MR) is 130 cm³/mol. The van der Waals surface area contributed by atoms with Crippen LogP contribution in [0.3, 0.4) is 0 Å². The molecule has 1 aromatic carbocycles. The smallest absolute Gasteiger partial charge is 0.148 e. The van der Waals surface area contributed by atoms with Crippen LogP contribution in [-0.4, -0.2) is 63.8 Å². The van der Waals surface area contributed by atoms with Crippen LogP contribution in [-0.2, 0) is 11.8 Å². The van der Waals surface area contributed by atoms with Gasteiger partial charge in [0.05, 0.1) is 11.2 Å². The van der Waals surface area contributed by atoms with Gasteiger partial charge in [-0.25, -0.2) is 0 Å². The number of hydrogen-bond acceptors (Lipinski definition) is 6. The average Bonchev–Trinajstić information content (AvgIpc) is 3.48. The zero-order valence-corrected chi connectivity index (χ0v) is 19.7. The maximum absolute atomic E-state index is 5.52. The fourth-order valence-electron chi connectivity index (χ4n) is 6.35. The highest BCUT2D eigenvalue weighted by Crippen LogP contribution is 2.39. The van der Waals surface area contributed by atoms with E-state index in [1.807, 2.05) is 11.7 Å². The quantitative estimate of drug-likeness (QED) is 0.641. The number of likely N-dealkylation sites (tertiary alicyclic amines) is 1. The molecule has 3 atom stereocenters. The summed E-state index contributed by atoms with van der Waals surface area (Å²) in [7, 11) is 1.96. The number of ether oxygens (including phenoxy) is 1. The molecule has 0 amide bonds. The van der Waals surface area contributed by atoms with Gasteiger partial charge in [0.2, 0.25) is 0 Å². The molecule has 2 aromatic heterocycles. The molecule has 0 radical (unpaired) electrons. The van der Waals surface area contributed by atoms with E-state index in [1.54, 1.807) is 0 Å². The topological polar surface area (TPSA) is 68.1 Å². The lowest BCUT2D eigenvalue weighted by Gasteiger charge is -2.27. The van der Waals surface area contributed by atoms with E-state index in [0.717, 1.165) is 53.6 Å². The fourth-order valence-corrected chi connectivity index (χ4v) is 6.35. The third kappa shape index (κ3) is 4.24. The minimum absolute atomic E-state index is 0.513. The van der Waals surface area contributed by atoms with Gasteiger partial charge in [0.25, 0.3) is 0 Å². The van der Waals surface area contributed by atoms with Crippen LogP contribution in [0.25, 0.3) is 22.2 Å². The third-order valence-corrected chi connectivity index (χ3v) is 8.05. The van der Waals surface area contributed by atoms with E-state index < -0.39 is 0 Å². The largest absolute Gasteiger partial charge is 0.381 e. The molecule has 4 heterocycles. The Kier molecular flexibility index (Phi) is 5.54. The second-order valence-electron chi connectivity index (χ2n) is 10.4. The van der Waals surface area contributed by atoms with E-state index in [0.29, 0.717) is 6.04 Å². The molecule has 2 aliphatic heterocycles. The number of hydrogen-bond donors (Lipinski definition) is 1. The van der Waals surface area contributed by atoms with E-state index in [-0.39, 0.29) is 0 Å². The Morgan fingerprint density at radius 3 is 2.55 bits per heavy atom. The van der Waals surface area contributed by atoms with Crippen molar-refractivity contribution in [3.05, 3.63) is 36.0 Å². The maximum atomic E-state index is 5.52. The number of aryl methyl sites for hydroxylation is 2. The molecule has 1 aliphatic carbocycles. The lowest BCUT2D eigenvalue weighted by molar-refractivity contribution is 0.0545. The van der Waals surface area contributed by atoms with Crippen LogP contribution in [0.15, 0.2) is 30.5 Å². The lowest BCUT2D eigenvalue weighted by atomic mass is 10.00. The molecule has 1 saturated carbocycles. The van der Waals surface area contributed by atoms with Crippen molar-refractivity contribution in [2.24, 2.45) is 24.8 Å². The van der Waals surface area contributed by atoms with Gasteiger partial charge in [0, 0.05) is 63.1 Å². The van der Waals surface area contributed by atoms with Gasteiger partial charge in [-0.3, -0.25) is 4.68 Å². The first-order valence-corrected chi connectivity index (χ1v) is 12.5. The van der Waals surface area contributed by atoms with Crippen molar-refractivity contribution in [2.45, 2.75) is 38.6 Å². The summed E-state index contributed by atoms with van der Waals surface area (Å²) in [5.74, 6) is 3.37.